The molecule has 1 saturated carbocycles. The van der Waals surface area contributed by atoms with E-state index in [1.165, 1.54) is 11.8 Å². The highest BCUT2D eigenvalue weighted by Crippen LogP contribution is 2.38. The van der Waals surface area contributed by atoms with E-state index >= 15 is 0 Å². The van der Waals surface area contributed by atoms with Gasteiger partial charge in [-0.3, -0.25) is 0 Å². The fraction of sp³-hybridized carbons (Fsp3) is 0.333. The van der Waals surface area contributed by atoms with Crippen molar-refractivity contribution in [2.24, 2.45) is 10.9 Å². The topological polar surface area (TPSA) is 102 Å². The number of nitrogens with two attached hydrogens (primary N) is 1. The first-order chi connectivity index (χ1) is 9.69. The molecule has 8 heteroatoms. The van der Waals surface area contributed by atoms with E-state index in [4.69, 9.17) is 10.9 Å². The molecule has 1 aliphatic rings. The number of amidine groups is 1. The molecule has 0 atom stereocenters. The number of aryl methyl sites for hydroxylation is 1. The van der Waals surface area contributed by atoms with Gasteiger partial charge >= 0.3 is 0 Å². The molecule has 1 heterocycles. The number of hydrogen-bond acceptors (Lipinski definition) is 6. The number of rotatable bonds is 4. The smallest absolute Gasteiger partial charge is 0.214 e. The highest BCUT2D eigenvalue weighted by atomic mass is 32.2. The molecule has 1 aromatic carbocycles. The molecule has 1 fully saturated rings. The molecule has 20 heavy (non-hydrogen) atoms. The molecule has 2 aromatic rings. The van der Waals surface area contributed by atoms with Crippen LogP contribution in [0.3, 0.4) is 0 Å². The first-order valence-corrected chi connectivity index (χ1v) is 7.05. The maximum Gasteiger partial charge on any atom is 0.214 e. The number of nitrogens with zero attached hydrogens (tertiary/aromatic N) is 5. The third-order valence-electron chi connectivity index (χ3n) is 3.15. The molecule has 1 aromatic heterocycles. The predicted molar refractivity (Wildman–Crippen MR) is 73.9 cm³/mol. The zero-order chi connectivity index (χ0) is 14.1. The van der Waals surface area contributed by atoms with E-state index in [-0.39, 0.29) is 5.84 Å². The molecule has 0 bridgehead atoms. The molecule has 1 aliphatic carbocycles. The van der Waals surface area contributed by atoms with Crippen molar-refractivity contribution in [2.75, 3.05) is 0 Å². The lowest BCUT2D eigenvalue weighted by Crippen LogP contribution is -2.14. The van der Waals surface area contributed by atoms with Crippen LogP contribution in [0.15, 0.2) is 33.4 Å². The van der Waals surface area contributed by atoms with Gasteiger partial charge in [-0.05, 0) is 65.7 Å². The molecule has 7 nitrogen and oxygen atoms in total. The van der Waals surface area contributed by atoms with Gasteiger partial charge in [-0.25, -0.2) is 4.68 Å². The van der Waals surface area contributed by atoms with Crippen molar-refractivity contribution in [3.8, 4) is 0 Å². The van der Waals surface area contributed by atoms with Crippen molar-refractivity contribution in [1.29, 1.82) is 0 Å². The summed E-state index contributed by atoms with van der Waals surface area (Å²) >= 11 is 1.52. The molecular formula is C12H14N6OS. The Morgan fingerprint density at radius 3 is 2.95 bits per heavy atom. The van der Waals surface area contributed by atoms with Gasteiger partial charge in [-0.1, -0.05) is 5.16 Å². The van der Waals surface area contributed by atoms with Gasteiger partial charge in [0, 0.05) is 10.5 Å². The third-order valence-corrected chi connectivity index (χ3v) is 4.09. The minimum Gasteiger partial charge on any atom is -0.409 e. The van der Waals surface area contributed by atoms with Crippen LogP contribution >= 0.6 is 11.8 Å². The number of oxime groups is 1. The van der Waals surface area contributed by atoms with Crippen LogP contribution in [0.1, 0.15) is 30.0 Å². The van der Waals surface area contributed by atoms with E-state index in [0.29, 0.717) is 6.04 Å². The second-order valence-corrected chi connectivity index (χ2v) is 5.74. The Hall–Kier alpha value is -2.09. The van der Waals surface area contributed by atoms with Gasteiger partial charge in [-0.2, -0.15) is 0 Å². The Morgan fingerprint density at radius 1 is 1.50 bits per heavy atom. The van der Waals surface area contributed by atoms with Gasteiger partial charge < -0.3 is 10.9 Å². The van der Waals surface area contributed by atoms with E-state index in [0.717, 1.165) is 34.0 Å². The van der Waals surface area contributed by atoms with Gasteiger partial charge in [0.05, 0.1) is 6.04 Å². The Morgan fingerprint density at radius 2 is 2.30 bits per heavy atom. The summed E-state index contributed by atoms with van der Waals surface area (Å²) in [6, 6.07) is 6.17. The van der Waals surface area contributed by atoms with Crippen molar-refractivity contribution in [1.82, 2.24) is 20.2 Å². The lowest BCUT2D eigenvalue weighted by atomic mass is 10.1. The summed E-state index contributed by atoms with van der Waals surface area (Å²) in [5, 5.41) is 24.3. The second-order valence-electron chi connectivity index (χ2n) is 4.70. The molecule has 104 valence electrons. The van der Waals surface area contributed by atoms with Gasteiger partial charge in [-0.15, -0.1) is 5.10 Å². The Bertz CT molecular complexity index is 664. The predicted octanol–water partition coefficient (Wildman–Crippen LogP) is 1.56. The average molecular weight is 290 g/mol. The Balaban J connectivity index is 1.84. The first kappa shape index (κ1) is 12.9. The Kier molecular flexibility index (Phi) is 3.31. The number of benzene rings is 1. The van der Waals surface area contributed by atoms with Crippen LogP contribution in [0.4, 0.5) is 0 Å². The van der Waals surface area contributed by atoms with E-state index < -0.39 is 0 Å². The van der Waals surface area contributed by atoms with Gasteiger partial charge in [0.1, 0.15) is 0 Å². The van der Waals surface area contributed by atoms with E-state index in [2.05, 4.69) is 20.7 Å². The van der Waals surface area contributed by atoms with Crippen LogP contribution in [0.25, 0.3) is 0 Å². The summed E-state index contributed by atoms with van der Waals surface area (Å²) < 4.78 is 1.87. The lowest BCUT2D eigenvalue weighted by Gasteiger charge is -2.07. The maximum atomic E-state index is 8.72. The summed E-state index contributed by atoms with van der Waals surface area (Å²) in [6.45, 7) is 1.92. The normalized spacial score (nSPS) is 15.6. The minimum atomic E-state index is 0.113. The quantitative estimate of drug-likeness (QED) is 0.383. The van der Waals surface area contributed by atoms with Crippen LogP contribution in [0.2, 0.25) is 0 Å². The molecule has 0 aliphatic heterocycles. The molecule has 0 unspecified atom stereocenters. The lowest BCUT2D eigenvalue weighted by molar-refractivity contribution is 0.318. The van der Waals surface area contributed by atoms with E-state index in [9.17, 15) is 0 Å². The zero-order valence-electron chi connectivity index (χ0n) is 10.9. The standard InChI is InChI=1S/C12H14N6OS/c1-7-6-9(4-5-10(7)11(13)15-19)20-12-14-16-17-18(12)8-2-3-8/h4-6,8,19H,2-3H2,1H3,(H2,13,15). The molecule has 0 saturated heterocycles. The number of hydrogen-bond donors (Lipinski definition) is 2. The van der Waals surface area contributed by atoms with Crippen molar-refractivity contribution in [3.05, 3.63) is 29.3 Å². The van der Waals surface area contributed by atoms with Gasteiger partial charge in [0.15, 0.2) is 5.84 Å². The van der Waals surface area contributed by atoms with Gasteiger partial charge in [0.25, 0.3) is 0 Å². The van der Waals surface area contributed by atoms with Crippen molar-refractivity contribution >= 4 is 17.6 Å². The summed E-state index contributed by atoms with van der Waals surface area (Å²) in [7, 11) is 0. The van der Waals surface area contributed by atoms with Crippen LogP contribution in [-0.2, 0) is 0 Å². The molecule has 0 spiro atoms. The summed E-state index contributed by atoms with van der Waals surface area (Å²) in [4.78, 5) is 1.02. The van der Waals surface area contributed by atoms with E-state index in [1.54, 1.807) is 0 Å². The Labute approximate surface area is 119 Å². The third kappa shape index (κ3) is 2.46. The van der Waals surface area contributed by atoms with Crippen molar-refractivity contribution in [2.45, 2.75) is 35.9 Å². The fourth-order valence-electron chi connectivity index (χ4n) is 1.95. The maximum absolute atomic E-state index is 8.72. The molecular weight excluding hydrogens is 276 g/mol. The number of tetrazole rings is 1. The molecule has 0 radical (unpaired) electrons. The van der Waals surface area contributed by atoms with Crippen LogP contribution in [0.5, 0.6) is 0 Å². The van der Waals surface area contributed by atoms with Crippen LogP contribution in [0, 0.1) is 6.92 Å². The summed E-state index contributed by atoms with van der Waals surface area (Å²) in [6.07, 6.45) is 2.28. The molecule has 3 rings (SSSR count). The number of aromatic nitrogens is 4. The molecule has 3 N–H and O–H groups in total. The van der Waals surface area contributed by atoms with E-state index in [1.807, 2.05) is 29.8 Å². The first-order valence-electron chi connectivity index (χ1n) is 6.23. The van der Waals surface area contributed by atoms with Crippen molar-refractivity contribution in [3.63, 3.8) is 0 Å². The average Bonchev–Trinajstić information content (AvgIpc) is 3.19. The van der Waals surface area contributed by atoms with Gasteiger partial charge in [0.2, 0.25) is 5.16 Å². The highest BCUT2D eigenvalue weighted by molar-refractivity contribution is 7.99. The monoisotopic (exact) mass is 290 g/mol. The highest BCUT2D eigenvalue weighted by Gasteiger charge is 2.28. The fourth-order valence-corrected chi connectivity index (χ4v) is 2.89. The second kappa shape index (κ2) is 5.12. The van der Waals surface area contributed by atoms with Crippen LogP contribution in [-0.4, -0.2) is 31.3 Å². The molecule has 0 amide bonds. The summed E-state index contributed by atoms with van der Waals surface area (Å²) in [5.41, 5.74) is 7.27. The van der Waals surface area contributed by atoms with Crippen LogP contribution < -0.4 is 5.73 Å². The minimum absolute atomic E-state index is 0.113. The largest absolute Gasteiger partial charge is 0.409 e. The zero-order valence-corrected chi connectivity index (χ0v) is 11.7. The van der Waals surface area contributed by atoms with Crippen molar-refractivity contribution < 1.29 is 5.21 Å². The SMILES string of the molecule is Cc1cc(Sc2nnnn2C2CC2)ccc1/C(N)=N/O. The summed E-state index contributed by atoms with van der Waals surface area (Å²) in [5.74, 6) is 0.113.